The van der Waals surface area contributed by atoms with Crippen LogP contribution in [0.15, 0.2) is 18.2 Å². The summed E-state index contributed by atoms with van der Waals surface area (Å²) < 4.78 is 13.4. The van der Waals surface area contributed by atoms with Crippen LogP contribution in [-0.2, 0) is 0 Å². The molecule has 1 fully saturated rings. The maximum absolute atomic E-state index is 13.4. The van der Waals surface area contributed by atoms with Crippen molar-refractivity contribution >= 4 is 11.4 Å². The normalized spacial score (nSPS) is 17.0. The van der Waals surface area contributed by atoms with Gasteiger partial charge >= 0.3 is 5.69 Å². The summed E-state index contributed by atoms with van der Waals surface area (Å²) in [4.78, 5) is 9.78. The molecule has 1 unspecified atom stereocenters. The summed E-state index contributed by atoms with van der Waals surface area (Å²) in [5.41, 5.74) is 0.122. The van der Waals surface area contributed by atoms with Crippen molar-refractivity contribution in [3.05, 3.63) is 34.1 Å². The molecule has 0 amide bonds. The van der Waals surface area contributed by atoms with E-state index in [-0.39, 0.29) is 6.04 Å². The molecule has 1 atom stereocenters. The molecule has 18 heavy (non-hydrogen) atoms. The first-order valence-corrected chi connectivity index (χ1v) is 6.26. The molecule has 4 nitrogen and oxygen atoms in total. The van der Waals surface area contributed by atoms with Crippen LogP contribution in [0.1, 0.15) is 32.6 Å². The molecule has 2 rings (SSSR count). The van der Waals surface area contributed by atoms with Gasteiger partial charge < -0.3 is 5.32 Å². The minimum absolute atomic E-state index is 0.260. The third-order valence-electron chi connectivity index (χ3n) is 3.47. The van der Waals surface area contributed by atoms with Gasteiger partial charge in [-0.05, 0) is 25.3 Å². The van der Waals surface area contributed by atoms with Gasteiger partial charge in [0.2, 0.25) is 5.82 Å². The second kappa shape index (κ2) is 5.33. The fourth-order valence-corrected chi connectivity index (χ4v) is 2.32. The number of benzene rings is 1. The predicted octanol–water partition coefficient (Wildman–Crippen LogP) is 3.72. The summed E-state index contributed by atoms with van der Waals surface area (Å²) in [5.74, 6) is -0.0174. The van der Waals surface area contributed by atoms with Crippen LogP contribution in [-0.4, -0.2) is 11.0 Å². The molecule has 0 aliphatic heterocycles. The van der Waals surface area contributed by atoms with Crippen LogP contribution >= 0.6 is 0 Å². The Hall–Kier alpha value is -1.65. The number of anilines is 1. The van der Waals surface area contributed by atoms with E-state index in [1.807, 2.05) is 0 Å². The van der Waals surface area contributed by atoms with Crippen molar-refractivity contribution in [1.29, 1.82) is 0 Å². The highest BCUT2D eigenvalue weighted by Crippen LogP contribution is 2.31. The third kappa shape index (κ3) is 2.97. The molecule has 0 aromatic heterocycles. The zero-order valence-corrected chi connectivity index (χ0v) is 10.4. The molecule has 1 saturated carbocycles. The van der Waals surface area contributed by atoms with E-state index in [0.29, 0.717) is 5.69 Å². The smallest absolute Gasteiger partial charge is 0.304 e. The first kappa shape index (κ1) is 12.8. The van der Waals surface area contributed by atoms with Gasteiger partial charge in [0.1, 0.15) is 0 Å². The molecule has 0 heterocycles. The van der Waals surface area contributed by atoms with E-state index in [1.54, 1.807) is 6.07 Å². The lowest BCUT2D eigenvalue weighted by molar-refractivity contribution is -0.387. The van der Waals surface area contributed by atoms with Crippen molar-refractivity contribution < 1.29 is 9.31 Å². The lowest BCUT2D eigenvalue weighted by Gasteiger charge is -2.28. The Balaban J connectivity index is 1.96. The number of halogens is 1. The first-order chi connectivity index (χ1) is 8.56. The molecule has 0 spiro atoms. The Kier molecular flexibility index (Phi) is 3.79. The molecule has 1 aliphatic carbocycles. The van der Waals surface area contributed by atoms with Crippen molar-refractivity contribution in [2.24, 2.45) is 5.92 Å². The van der Waals surface area contributed by atoms with E-state index in [4.69, 9.17) is 0 Å². The third-order valence-corrected chi connectivity index (χ3v) is 3.47. The van der Waals surface area contributed by atoms with Crippen molar-refractivity contribution in [2.75, 3.05) is 5.32 Å². The highest BCUT2D eigenvalue weighted by Gasteiger charge is 2.20. The fourth-order valence-electron chi connectivity index (χ4n) is 2.32. The average Bonchev–Trinajstić information content (AvgIpc) is 2.23. The van der Waals surface area contributed by atoms with Gasteiger partial charge in [-0.25, -0.2) is 0 Å². The number of hydrogen-bond acceptors (Lipinski definition) is 3. The van der Waals surface area contributed by atoms with Gasteiger partial charge in [0, 0.05) is 23.9 Å². The quantitative estimate of drug-likeness (QED) is 0.641. The molecular formula is C13H17FN2O2. The Morgan fingerprint density at radius 3 is 2.78 bits per heavy atom. The number of hydrogen-bond donors (Lipinski definition) is 1. The summed E-state index contributed by atoms with van der Waals surface area (Å²) in [7, 11) is 0. The van der Waals surface area contributed by atoms with Crippen molar-refractivity contribution in [1.82, 2.24) is 0 Å². The van der Waals surface area contributed by atoms with Crippen LogP contribution in [0.4, 0.5) is 15.8 Å². The van der Waals surface area contributed by atoms with Gasteiger partial charge in [-0.15, -0.1) is 0 Å². The van der Waals surface area contributed by atoms with Crippen molar-refractivity contribution in [3.8, 4) is 0 Å². The Labute approximate surface area is 105 Å². The van der Waals surface area contributed by atoms with E-state index in [1.165, 1.54) is 31.4 Å². The molecule has 0 saturated heterocycles. The zero-order chi connectivity index (χ0) is 13.1. The van der Waals surface area contributed by atoms with E-state index in [2.05, 4.69) is 12.2 Å². The minimum Gasteiger partial charge on any atom is -0.382 e. The van der Waals surface area contributed by atoms with Gasteiger partial charge in [-0.1, -0.05) is 19.3 Å². The molecule has 0 radical (unpaired) electrons. The highest BCUT2D eigenvalue weighted by molar-refractivity contribution is 5.50. The lowest BCUT2D eigenvalue weighted by atomic mass is 9.81. The van der Waals surface area contributed by atoms with Crippen LogP contribution in [0.3, 0.4) is 0 Å². The number of nitro groups is 1. The second-order valence-corrected chi connectivity index (χ2v) is 5.00. The molecule has 1 aromatic rings. The fraction of sp³-hybridized carbons (Fsp3) is 0.538. The highest BCUT2D eigenvalue weighted by atomic mass is 19.1. The van der Waals surface area contributed by atoms with Gasteiger partial charge in [0.25, 0.3) is 0 Å². The molecular weight excluding hydrogens is 235 g/mol. The van der Waals surface area contributed by atoms with Gasteiger partial charge in [-0.2, -0.15) is 4.39 Å². The molecule has 5 heteroatoms. The summed E-state index contributed by atoms with van der Waals surface area (Å²) in [6.07, 6.45) is 4.93. The maximum atomic E-state index is 13.4. The van der Waals surface area contributed by atoms with Crippen LogP contribution < -0.4 is 5.32 Å². The van der Waals surface area contributed by atoms with Crippen LogP contribution in [0.25, 0.3) is 0 Å². The predicted molar refractivity (Wildman–Crippen MR) is 68.1 cm³/mol. The van der Waals surface area contributed by atoms with Crippen molar-refractivity contribution in [2.45, 2.75) is 38.6 Å². The first-order valence-electron chi connectivity index (χ1n) is 6.26. The van der Waals surface area contributed by atoms with Crippen LogP contribution in [0.2, 0.25) is 0 Å². The number of rotatable bonds is 5. The minimum atomic E-state index is -0.791. The van der Waals surface area contributed by atoms with Gasteiger partial charge in [0.15, 0.2) is 0 Å². The standard InChI is InChI=1S/C13H17FN2O2/c1-9(7-10-3-2-4-10)15-11-5-6-13(16(17)18)12(14)8-11/h5-6,8-10,15H,2-4,7H2,1H3. The van der Waals surface area contributed by atoms with Crippen LogP contribution in [0.5, 0.6) is 0 Å². The Morgan fingerprint density at radius 2 is 2.28 bits per heavy atom. The van der Waals surface area contributed by atoms with Crippen molar-refractivity contribution in [3.63, 3.8) is 0 Å². The molecule has 1 aliphatic rings. The number of nitro benzene ring substituents is 1. The maximum Gasteiger partial charge on any atom is 0.304 e. The summed E-state index contributed by atoms with van der Waals surface area (Å²) >= 11 is 0. The lowest BCUT2D eigenvalue weighted by Crippen LogP contribution is -2.23. The number of nitrogens with one attached hydrogen (secondary N) is 1. The zero-order valence-electron chi connectivity index (χ0n) is 10.4. The van der Waals surface area contributed by atoms with E-state index >= 15 is 0 Å². The Morgan fingerprint density at radius 1 is 1.56 bits per heavy atom. The molecule has 1 aromatic carbocycles. The molecule has 0 bridgehead atoms. The van der Waals surface area contributed by atoms with Crippen LogP contribution in [0, 0.1) is 21.8 Å². The average molecular weight is 252 g/mol. The Bertz CT molecular complexity index is 447. The topological polar surface area (TPSA) is 55.2 Å². The van der Waals surface area contributed by atoms with Gasteiger partial charge in [0.05, 0.1) is 4.92 Å². The van der Waals surface area contributed by atoms with E-state index in [0.717, 1.165) is 12.3 Å². The summed E-state index contributed by atoms with van der Waals surface area (Å²) in [6, 6.07) is 4.21. The number of nitrogens with zero attached hydrogens (tertiary/aromatic N) is 1. The summed E-state index contributed by atoms with van der Waals surface area (Å²) in [5, 5.41) is 13.7. The molecule has 1 N–H and O–H groups in total. The molecule has 98 valence electrons. The van der Waals surface area contributed by atoms with Gasteiger partial charge in [-0.3, -0.25) is 10.1 Å². The largest absolute Gasteiger partial charge is 0.382 e. The summed E-state index contributed by atoms with van der Waals surface area (Å²) in [6.45, 7) is 2.05. The second-order valence-electron chi connectivity index (χ2n) is 5.00. The monoisotopic (exact) mass is 252 g/mol. The van der Waals surface area contributed by atoms with E-state index in [9.17, 15) is 14.5 Å². The van der Waals surface area contributed by atoms with E-state index < -0.39 is 16.4 Å². The SMILES string of the molecule is CC(CC1CCC1)Nc1ccc([N+](=O)[O-])c(F)c1.